The quantitative estimate of drug-likeness (QED) is 0.786. The van der Waals surface area contributed by atoms with E-state index >= 15 is 0 Å². The van der Waals surface area contributed by atoms with Crippen molar-refractivity contribution < 1.29 is 24.1 Å². The van der Waals surface area contributed by atoms with Crippen molar-refractivity contribution in [3.63, 3.8) is 0 Å². The van der Waals surface area contributed by atoms with Crippen molar-refractivity contribution in [3.8, 4) is 0 Å². The van der Waals surface area contributed by atoms with Crippen molar-refractivity contribution >= 4 is 5.97 Å². The molecule has 1 N–H and O–H groups in total. The average molecular weight is 226 g/mol. The van der Waals surface area contributed by atoms with Crippen LogP contribution in [0.1, 0.15) is 34.9 Å². The summed E-state index contributed by atoms with van der Waals surface area (Å²) in [6.07, 6.45) is 0.870. The van der Waals surface area contributed by atoms with E-state index in [9.17, 15) is 9.18 Å². The van der Waals surface area contributed by atoms with E-state index in [1.165, 1.54) is 18.2 Å². The van der Waals surface area contributed by atoms with Crippen LogP contribution in [-0.2, 0) is 9.78 Å². The Labute approximate surface area is 91.5 Å². The molecule has 0 aliphatic carbocycles. The van der Waals surface area contributed by atoms with E-state index in [4.69, 9.17) is 14.9 Å². The predicted octanol–water partition coefficient (Wildman–Crippen LogP) is 2.31. The maximum atomic E-state index is 13.8. The molecular formula is C11H11FO4. The molecule has 0 aromatic heterocycles. The first-order valence-corrected chi connectivity index (χ1v) is 5.00. The molecule has 1 aromatic rings. The highest BCUT2D eigenvalue weighted by molar-refractivity contribution is 5.88. The number of hydrogen-bond donors (Lipinski definition) is 1. The molecule has 0 bridgehead atoms. The van der Waals surface area contributed by atoms with Gasteiger partial charge in [-0.25, -0.2) is 19.0 Å². The Morgan fingerprint density at radius 1 is 1.50 bits per heavy atom. The number of aromatic carboxylic acids is 1. The molecule has 4 nitrogen and oxygen atoms in total. The Balaban J connectivity index is 2.33. The zero-order valence-corrected chi connectivity index (χ0v) is 8.48. The summed E-state index contributed by atoms with van der Waals surface area (Å²) in [5, 5.41) is 8.78. The molecule has 2 rings (SSSR count). The molecule has 1 aliphatic rings. The second kappa shape index (κ2) is 4.59. The number of carbonyl (C=O) groups is 1. The van der Waals surface area contributed by atoms with Gasteiger partial charge in [-0.15, -0.1) is 0 Å². The minimum absolute atomic E-state index is 0.236. The van der Waals surface area contributed by atoms with Crippen molar-refractivity contribution in [2.45, 2.75) is 18.9 Å². The van der Waals surface area contributed by atoms with Gasteiger partial charge in [-0.3, -0.25) is 0 Å². The van der Waals surface area contributed by atoms with Gasteiger partial charge in [0, 0.05) is 5.56 Å². The molecule has 86 valence electrons. The molecule has 1 heterocycles. The lowest BCUT2D eigenvalue weighted by Gasteiger charge is -2.22. The second-order valence-electron chi connectivity index (χ2n) is 3.56. The van der Waals surface area contributed by atoms with Crippen molar-refractivity contribution in [3.05, 3.63) is 35.1 Å². The van der Waals surface area contributed by atoms with Crippen LogP contribution < -0.4 is 0 Å². The summed E-state index contributed by atoms with van der Waals surface area (Å²) in [6, 6.07) is 4.24. The molecule has 0 amide bonds. The fraction of sp³-hybridized carbons (Fsp3) is 0.364. The van der Waals surface area contributed by atoms with Gasteiger partial charge in [0.2, 0.25) is 0 Å². The molecule has 1 atom stereocenters. The minimum Gasteiger partial charge on any atom is -0.478 e. The van der Waals surface area contributed by atoms with Crippen LogP contribution in [0.4, 0.5) is 4.39 Å². The monoisotopic (exact) mass is 226 g/mol. The number of carboxylic acids is 1. The highest BCUT2D eigenvalue weighted by Gasteiger charge is 2.23. The second-order valence-corrected chi connectivity index (χ2v) is 3.56. The zero-order valence-electron chi connectivity index (χ0n) is 8.48. The number of hydrogen-bond acceptors (Lipinski definition) is 3. The Hall–Kier alpha value is -1.46. The predicted molar refractivity (Wildman–Crippen MR) is 52.4 cm³/mol. The molecule has 0 saturated carbocycles. The Morgan fingerprint density at radius 2 is 2.31 bits per heavy atom. The summed E-state index contributed by atoms with van der Waals surface area (Å²) < 4.78 is 13.8. The summed E-state index contributed by atoms with van der Waals surface area (Å²) in [5.74, 6) is -2.03. The van der Waals surface area contributed by atoms with Gasteiger partial charge in [0.25, 0.3) is 0 Å². The first-order valence-electron chi connectivity index (χ1n) is 5.00. The van der Waals surface area contributed by atoms with Gasteiger partial charge in [0.05, 0.1) is 12.2 Å². The maximum Gasteiger partial charge on any atom is 0.338 e. The van der Waals surface area contributed by atoms with Gasteiger partial charge in [-0.1, -0.05) is 12.1 Å². The van der Waals surface area contributed by atoms with Crippen LogP contribution in [0.5, 0.6) is 0 Å². The van der Waals surface area contributed by atoms with Crippen molar-refractivity contribution in [1.29, 1.82) is 0 Å². The van der Waals surface area contributed by atoms with Gasteiger partial charge >= 0.3 is 5.97 Å². The Bertz CT molecular complexity index is 399. The summed E-state index contributed by atoms with van der Waals surface area (Å²) in [5.41, 5.74) is -0.105. The standard InChI is InChI=1S/C11H11FO4/c12-10-7(9-5-2-6-15-16-9)3-1-4-8(10)11(13)14/h1,3-4,9H,2,5-6H2,(H,13,14). The van der Waals surface area contributed by atoms with Gasteiger partial charge in [0.1, 0.15) is 11.9 Å². The number of halogens is 1. The van der Waals surface area contributed by atoms with Gasteiger partial charge in [0.15, 0.2) is 0 Å². The summed E-state index contributed by atoms with van der Waals surface area (Å²) in [6.45, 7) is 0.483. The Morgan fingerprint density at radius 3 is 2.94 bits per heavy atom. The van der Waals surface area contributed by atoms with E-state index in [0.29, 0.717) is 13.0 Å². The van der Waals surface area contributed by atoms with E-state index in [-0.39, 0.29) is 11.1 Å². The van der Waals surface area contributed by atoms with Crippen LogP contribution in [0.3, 0.4) is 0 Å². The van der Waals surface area contributed by atoms with Gasteiger partial charge < -0.3 is 5.11 Å². The fourth-order valence-corrected chi connectivity index (χ4v) is 1.68. The van der Waals surface area contributed by atoms with E-state index in [0.717, 1.165) is 6.42 Å². The third kappa shape index (κ3) is 2.05. The number of rotatable bonds is 2. The molecule has 1 saturated heterocycles. The van der Waals surface area contributed by atoms with E-state index in [2.05, 4.69) is 0 Å². The highest BCUT2D eigenvalue weighted by Crippen LogP contribution is 2.29. The summed E-state index contributed by atoms with van der Waals surface area (Å²) >= 11 is 0. The highest BCUT2D eigenvalue weighted by atomic mass is 19.1. The van der Waals surface area contributed by atoms with Crippen molar-refractivity contribution in [1.82, 2.24) is 0 Å². The molecule has 1 unspecified atom stereocenters. The number of carboxylic acid groups (broad SMARTS) is 1. The van der Waals surface area contributed by atoms with Crippen LogP contribution in [-0.4, -0.2) is 17.7 Å². The molecule has 16 heavy (non-hydrogen) atoms. The molecular weight excluding hydrogens is 215 g/mol. The van der Waals surface area contributed by atoms with Crippen LogP contribution in [0, 0.1) is 5.82 Å². The van der Waals surface area contributed by atoms with Gasteiger partial charge in [-0.05, 0) is 18.9 Å². The first-order chi connectivity index (χ1) is 7.70. The van der Waals surface area contributed by atoms with Gasteiger partial charge in [-0.2, -0.15) is 0 Å². The van der Waals surface area contributed by atoms with E-state index < -0.39 is 17.9 Å². The summed E-state index contributed by atoms with van der Waals surface area (Å²) in [4.78, 5) is 20.5. The van der Waals surface area contributed by atoms with E-state index in [1.807, 2.05) is 0 Å². The molecule has 1 aliphatic heterocycles. The smallest absolute Gasteiger partial charge is 0.338 e. The zero-order chi connectivity index (χ0) is 11.5. The first kappa shape index (κ1) is 11.0. The lowest BCUT2D eigenvalue weighted by atomic mass is 10.0. The third-order valence-corrected chi connectivity index (χ3v) is 2.48. The SMILES string of the molecule is O=C(O)c1cccc(C2CCCOO2)c1F. The molecule has 1 aromatic carbocycles. The fourth-order valence-electron chi connectivity index (χ4n) is 1.68. The summed E-state index contributed by atoms with van der Waals surface area (Å²) in [7, 11) is 0. The van der Waals surface area contributed by atoms with Crippen LogP contribution >= 0.6 is 0 Å². The van der Waals surface area contributed by atoms with Crippen molar-refractivity contribution in [2.24, 2.45) is 0 Å². The number of benzene rings is 1. The van der Waals surface area contributed by atoms with E-state index in [1.54, 1.807) is 0 Å². The van der Waals surface area contributed by atoms with Crippen LogP contribution in [0.15, 0.2) is 18.2 Å². The topological polar surface area (TPSA) is 55.8 Å². The maximum absolute atomic E-state index is 13.8. The van der Waals surface area contributed by atoms with Crippen LogP contribution in [0.25, 0.3) is 0 Å². The Kier molecular flexibility index (Phi) is 3.17. The molecule has 0 radical (unpaired) electrons. The lowest BCUT2D eigenvalue weighted by Crippen LogP contribution is -2.15. The molecule has 5 heteroatoms. The van der Waals surface area contributed by atoms with Crippen molar-refractivity contribution in [2.75, 3.05) is 6.61 Å². The average Bonchev–Trinajstić information content (AvgIpc) is 2.30. The lowest BCUT2D eigenvalue weighted by molar-refractivity contribution is -0.348. The molecule has 1 fully saturated rings. The third-order valence-electron chi connectivity index (χ3n) is 2.48. The normalized spacial score (nSPS) is 20.7. The largest absolute Gasteiger partial charge is 0.478 e. The molecule has 0 spiro atoms. The minimum atomic E-state index is -1.28. The van der Waals surface area contributed by atoms with Crippen LogP contribution in [0.2, 0.25) is 0 Å².